The molecule has 1 aromatic rings. The van der Waals surface area contributed by atoms with Gasteiger partial charge in [-0.2, -0.15) is 0 Å². The van der Waals surface area contributed by atoms with Crippen LogP contribution in [-0.4, -0.2) is 38.8 Å². The smallest absolute Gasteiger partial charge is 0.254 e. The largest absolute Gasteiger partial charge is 0.497 e. The predicted molar refractivity (Wildman–Crippen MR) is 71.5 cm³/mol. The molecule has 1 atom stereocenters. The number of halogens is 1. The van der Waals surface area contributed by atoms with Crippen LogP contribution in [0.5, 0.6) is 5.75 Å². The normalized spacial score (nSPS) is 18.6. The highest BCUT2D eigenvalue weighted by molar-refractivity contribution is 5.94. The number of ether oxygens (including phenoxy) is 2. The lowest BCUT2D eigenvalue weighted by Crippen LogP contribution is -2.45. The van der Waals surface area contributed by atoms with Gasteiger partial charge in [0.25, 0.3) is 5.91 Å². The van der Waals surface area contributed by atoms with Crippen molar-refractivity contribution in [3.63, 3.8) is 0 Å². The molecule has 1 unspecified atom stereocenters. The molecule has 5 nitrogen and oxygen atoms in total. The summed E-state index contributed by atoms with van der Waals surface area (Å²) in [6.07, 6.45) is -0.411. The number of hydrogen-bond acceptors (Lipinski definition) is 4. The maximum absolute atomic E-state index is 11.8. The zero-order chi connectivity index (χ0) is 12.1. The third-order valence-corrected chi connectivity index (χ3v) is 2.58. The third-order valence-electron chi connectivity index (χ3n) is 2.58. The van der Waals surface area contributed by atoms with Gasteiger partial charge < -0.3 is 20.1 Å². The SMILES string of the molecule is COc1ccc(NC(=O)C2CNCCO2)cc1.Cl. The van der Waals surface area contributed by atoms with Crippen LogP contribution in [0.25, 0.3) is 0 Å². The van der Waals surface area contributed by atoms with E-state index in [1.165, 1.54) is 0 Å². The Morgan fingerprint density at radius 1 is 1.44 bits per heavy atom. The molecule has 100 valence electrons. The molecular formula is C12H17ClN2O3. The summed E-state index contributed by atoms with van der Waals surface area (Å²) < 4.78 is 10.4. The molecule has 1 saturated heterocycles. The van der Waals surface area contributed by atoms with Crippen molar-refractivity contribution in [3.05, 3.63) is 24.3 Å². The number of nitrogens with one attached hydrogen (secondary N) is 2. The Kier molecular flexibility index (Phi) is 5.91. The van der Waals surface area contributed by atoms with Crippen molar-refractivity contribution in [1.82, 2.24) is 5.32 Å². The minimum atomic E-state index is -0.411. The Morgan fingerprint density at radius 3 is 2.72 bits per heavy atom. The standard InChI is InChI=1S/C12H16N2O3.ClH/c1-16-10-4-2-9(3-5-10)14-12(15)11-8-13-6-7-17-11;/h2-5,11,13H,6-8H2,1H3,(H,14,15);1H. The van der Waals surface area contributed by atoms with Crippen LogP contribution in [0.1, 0.15) is 0 Å². The van der Waals surface area contributed by atoms with E-state index >= 15 is 0 Å². The zero-order valence-corrected chi connectivity index (χ0v) is 11.0. The average molecular weight is 273 g/mol. The lowest BCUT2D eigenvalue weighted by atomic mass is 10.2. The number of methoxy groups -OCH3 is 1. The summed E-state index contributed by atoms with van der Waals surface area (Å²) in [6, 6.07) is 7.20. The Labute approximate surface area is 112 Å². The van der Waals surface area contributed by atoms with Gasteiger partial charge in [0.1, 0.15) is 11.9 Å². The highest BCUT2D eigenvalue weighted by Crippen LogP contribution is 2.15. The summed E-state index contributed by atoms with van der Waals surface area (Å²) in [5.74, 6) is 0.640. The molecule has 1 aliphatic heterocycles. The Morgan fingerprint density at radius 2 is 2.17 bits per heavy atom. The van der Waals surface area contributed by atoms with Crippen molar-refractivity contribution >= 4 is 24.0 Å². The molecule has 6 heteroatoms. The first kappa shape index (κ1) is 14.8. The maximum atomic E-state index is 11.8. The minimum Gasteiger partial charge on any atom is -0.497 e. The first-order valence-electron chi connectivity index (χ1n) is 5.57. The van der Waals surface area contributed by atoms with E-state index in [4.69, 9.17) is 9.47 Å². The summed E-state index contributed by atoms with van der Waals surface area (Å²) in [5, 5.41) is 5.92. The van der Waals surface area contributed by atoms with Crippen molar-refractivity contribution in [3.8, 4) is 5.75 Å². The lowest BCUT2D eigenvalue weighted by molar-refractivity contribution is -0.128. The summed E-state index contributed by atoms with van der Waals surface area (Å²) >= 11 is 0. The Bertz CT molecular complexity index is 377. The number of anilines is 1. The second-order valence-corrected chi connectivity index (χ2v) is 3.78. The van der Waals surface area contributed by atoms with E-state index in [9.17, 15) is 4.79 Å². The quantitative estimate of drug-likeness (QED) is 0.863. The van der Waals surface area contributed by atoms with E-state index in [-0.39, 0.29) is 18.3 Å². The van der Waals surface area contributed by atoms with Crippen LogP contribution in [0, 0.1) is 0 Å². The van der Waals surface area contributed by atoms with Crippen molar-refractivity contribution in [2.45, 2.75) is 6.10 Å². The average Bonchev–Trinajstić information content (AvgIpc) is 2.40. The van der Waals surface area contributed by atoms with Crippen LogP contribution in [-0.2, 0) is 9.53 Å². The van der Waals surface area contributed by atoms with Crippen molar-refractivity contribution < 1.29 is 14.3 Å². The molecule has 0 aromatic heterocycles. The van der Waals surface area contributed by atoms with Gasteiger partial charge in [0.05, 0.1) is 13.7 Å². The Balaban J connectivity index is 0.00000162. The molecule has 1 aromatic carbocycles. The van der Waals surface area contributed by atoms with Gasteiger partial charge in [0.2, 0.25) is 0 Å². The Hall–Kier alpha value is -1.30. The second-order valence-electron chi connectivity index (χ2n) is 3.78. The van der Waals surface area contributed by atoms with Crippen LogP contribution in [0.15, 0.2) is 24.3 Å². The van der Waals surface area contributed by atoms with Crippen molar-refractivity contribution in [2.24, 2.45) is 0 Å². The van der Waals surface area contributed by atoms with Gasteiger partial charge in [-0.25, -0.2) is 0 Å². The number of carbonyl (C=O) groups excluding carboxylic acids is 1. The van der Waals surface area contributed by atoms with Crippen LogP contribution in [0.4, 0.5) is 5.69 Å². The van der Waals surface area contributed by atoms with Crippen LogP contribution >= 0.6 is 12.4 Å². The minimum absolute atomic E-state index is 0. The molecule has 1 fully saturated rings. The van der Waals surface area contributed by atoms with E-state index in [0.717, 1.165) is 18.0 Å². The van der Waals surface area contributed by atoms with E-state index < -0.39 is 6.10 Å². The number of benzene rings is 1. The number of hydrogen-bond donors (Lipinski definition) is 2. The van der Waals surface area contributed by atoms with E-state index in [1.807, 2.05) is 0 Å². The number of carbonyl (C=O) groups is 1. The third kappa shape index (κ3) is 3.87. The molecule has 2 rings (SSSR count). The summed E-state index contributed by atoms with van der Waals surface area (Å²) in [4.78, 5) is 11.8. The molecule has 0 bridgehead atoms. The fourth-order valence-electron chi connectivity index (χ4n) is 1.63. The van der Waals surface area contributed by atoms with Crippen molar-refractivity contribution in [1.29, 1.82) is 0 Å². The number of morpholine rings is 1. The van der Waals surface area contributed by atoms with E-state index in [0.29, 0.717) is 13.2 Å². The monoisotopic (exact) mass is 272 g/mol. The summed E-state index contributed by atoms with van der Waals surface area (Å²) in [5.41, 5.74) is 0.741. The van der Waals surface area contributed by atoms with Gasteiger partial charge >= 0.3 is 0 Å². The van der Waals surface area contributed by atoms with Gasteiger partial charge in [0.15, 0.2) is 0 Å². The van der Waals surface area contributed by atoms with Gasteiger partial charge in [-0.3, -0.25) is 4.79 Å². The summed E-state index contributed by atoms with van der Waals surface area (Å²) in [6.45, 7) is 1.93. The van der Waals surface area contributed by atoms with Crippen LogP contribution in [0.2, 0.25) is 0 Å². The molecular weight excluding hydrogens is 256 g/mol. The van der Waals surface area contributed by atoms with Crippen LogP contribution < -0.4 is 15.4 Å². The molecule has 0 aliphatic carbocycles. The second kappa shape index (κ2) is 7.20. The molecule has 0 saturated carbocycles. The molecule has 1 heterocycles. The molecule has 0 spiro atoms. The highest BCUT2D eigenvalue weighted by atomic mass is 35.5. The molecule has 18 heavy (non-hydrogen) atoms. The van der Waals surface area contributed by atoms with Gasteiger partial charge in [-0.1, -0.05) is 0 Å². The van der Waals surface area contributed by atoms with Crippen molar-refractivity contribution in [2.75, 3.05) is 32.1 Å². The lowest BCUT2D eigenvalue weighted by Gasteiger charge is -2.22. The topological polar surface area (TPSA) is 59.6 Å². The summed E-state index contributed by atoms with van der Waals surface area (Å²) in [7, 11) is 1.61. The molecule has 1 amide bonds. The molecule has 1 aliphatic rings. The van der Waals surface area contributed by atoms with E-state index in [1.54, 1.807) is 31.4 Å². The molecule has 0 radical (unpaired) electrons. The number of rotatable bonds is 3. The van der Waals surface area contributed by atoms with Crippen LogP contribution in [0.3, 0.4) is 0 Å². The number of amides is 1. The fourth-order valence-corrected chi connectivity index (χ4v) is 1.63. The first-order valence-corrected chi connectivity index (χ1v) is 5.57. The first-order chi connectivity index (χ1) is 8.29. The maximum Gasteiger partial charge on any atom is 0.254 e. The predicted octanol–water partition coefficient (Wildman–Crippen LogP) is 1.04. The zero-order valence-electron chi connectivity index (χ0n) is 10.1. The van der Waals surface area contributed by atoms with Gasteiger partial charge in [0, 0.05) is 18.8 Å². The van der Waals surface area contributed by atoms with Gasteiger partial charge in [-0.15, -0.1) is 12.4 Å². The molecule has 2 N–H and O–H groups in total. The van der Waals surface area contributed by atoms with Gasteiger partial charge in [-0.05, 0) is 24.3 Å². The fraction of sp³-hybridized carbons (Fsp3) is 0.417. The highest BCUT2D eigenvalue weighted by Gasteiger charge is 2.21. The van der Waals surface area contributed by atoms with E-state index in [2.05, 4.69) is 10.6 Å².